The van der Waals surface area contributed by atoms with Crippen molar-refractivity contribution in [3.63, 3.8) is 0 Å². The van der Waals surface area contributed by atoms with Crippen LogP contribution in [0.5, 0.6) is 0 Å². The lowest BCUT2D eigenvalue weighted by Crippen LogP contribution is -2.05. The quantitative estimate of drug-likeness (QED) is 0.486. The molecule has 1 aliphatic rings. The van der Waals surface area contributed by atoms with Crippen LogP contribution in [0.1, 0.15) is 82.3 Å². The Bertz CT molecular complexity index is 360. The van der Waals surface area contributed by atoms with Crippen molar-refractivity contribution < 1.29 is 0 Å². The molecule has 0 heterocycles. The number of hydrogen-bond donors (Lipinski definition) is 0. The highest BCUT2D eigenvalue weighted by Gasteiger charge is 2.12. The minimum Gasteiger partial charge on any atom is -0.0617 e. The first-order valence-corrected chi connectivity index (χ1v) is 8.96. The van der Waals surface area contributed by atoms with Crippen LogP contribution >= 0.6 is 0 Å². The minimum atomic E-state index is 1.07. The molecule has 0 aliphatic heterocycles. The number of unbranched alkanes of at least 4 members (excludes halogenated alkanes) is 3. The van der Waals surface area contributed by atoms with E-state index >= 15 is 0 Å². The van der Waals surface area contributed by atoms with E-state index in [4.69, 9.17) is 0 Å². The predicted molar refractivity (Wildman–Crippen MR) is 89.2 cm³/mol. The fourth-order valence-electron chi connectivity index (χ4n) is 3.60. The molecule has 0 saturated heterocycles. The molecular weight excluding hydrogens is 240 g/mol. The van der Waals surface area contributed by atoms with Crippen LogP contribution in [0.3, 0.4) is 0 Å². The van der Waals surface area contributed by atoms with Gasteiger partial charge in [-0.3, -0.25) is 0 Å². The predicted octanol–water partition coefficient (Wildman–Crippen LogP) is 6.32. The van der Waals surface area contributed by atoms with Crippen molar-refractivity contribution in [1.82, 2.24) is 0 Å². The van der Waals surface area contributed by atoms with E-state index in [1.54, 1.807) is 0 Å². The second-order valence-corrected chi connectivity index (χ2v) is 6.63. The molecule has 1 aromatic carbocycles. The fraction of sp³-hybridized carbons (Fsp3) is 0.700. The summed E-state index contributed by atoms with van der Waals surface area (Å²) >= 11 is 0. The van der Waals surface area contributed by atoms with Crippen LogP contribution in [0, 0.1) is 5.92 Å². The van der Waals surface area contributed by atoms with E-state index < -0.39 is 0 Å². The van der Waals surface area contributed by atoms with Crippen molar-refractivity contribution in [1.29, 1.82) is 0 Å². The van der Waals surface area contributed by atoms with E-state index in [1.807, 2.05) is 0 Å². The third-order valence-corrected chi connectivity index (χ3v) is 4.95. The standard InChI is InChI=1S/C20H32/c1-2-18-15-10-16-20(17-18)14-7-4-3-6-11-19-12-8-5-9-13-19/h10,15-17,19H,2-9,11-14H2,1H3. The van der Waals surface area contributed by atoms with Gasteiger partial charge in [0.1, 0.15) is 0 Å². The maximum atomic E-state index is 2.39. The molecule has 1 saturated carbocycles. The third-order valence-electron chi connectivity index (χ3n) is 4.95. The van der Waals surface area contributed by atoms with Gasteiger partial charge in [-0.1, -0.05) is 89.0 Å². The SMILES string of the molecule is CCc1cccc(CCCCCCC2CCCCC2)c1. The monoisotopic (exact) mass is 272 g/mol. The van der Waals surface area contributed by atoms with Crippen LogP contribution in [0.25, 0.3) is 0 Å². The number of hydrogen-bond acceptors (Lipinski definition) is 0. The Morgan fingerprint density at radius 1 is 0.900 bits per heavy atom. The lowest BCUT2D eigenvalue weighted by atomic mass is 9.85. The van der Waals surface area contributed by atoms with Crippen LogP contribution in [-0.4, -0.2) is 0 Å². The largest absolute Gasteiger partial charge is 0.0617 e. The Labute approximate surface area is 126 Å². The van der Waals surface area contributed by atoms with E-state index in [0.29, 0.717) is 0 Å². The lowest BCUT2D eigenvalue weighted by molar-refractivity contribution is 0.328. The van der Waals surface area contributed by atoms with E-state index in [9.17, 15) is 0 Å². The summed E-state index contributed by atoms with van der Waals surface area (Å²) in [6, 6.07) is 9.15. The highest BCUT2D eigenvalue weighted by atomic mass is 14.2. The van der Waals surface area contributed by atoms with Crippen molar-refractivity contribution in [3.8, 4) is 0 Å². The summed E-state index contributed by atoms with van der Waals surface area (Å²) in [4.78, 5) is 0. The van der Waals surface area contributed by atoms with Crippen LogP contribution in [0.4, 0.5) is 0 Å². The van der Waals surface area contributed by atoms with Gasteiger partial charge in [0, 0.05) is 0 Å². The summed E-state index contributed by atoms with van der Waals surface area (Å²) in [5.74, 6) is 1.07. The molecule has 0 aromatic heterocycles. The van der Waals surface area contributed by atoms with Crippen LogP contribution < -0.4 is 0 Å². The number of aryl methyl sites for hydroxylation is 2. The zero-order chi connectivity index (χ0) is 14.0. The molecule has 0 amide bonds. The smallest absolute Gasteiger partial charge is 0.0279 e. The van der Waals surface area contributed by atoms with Crippen molar-refractivity contribution >= 4 is 0 Å². The maximum absolute atomic E-state index is 2.39. The summed E-state index contributed by atoms with van der Waals surface area (Å²) in [5, 5.41) is 0. The van der Waals surface area contributed by atoms with E-state index in [-0.39, 0.29) is 0 Å². The zero-order valence-corrected chi connectivity index (χ0v) is 13.4. The van der Waals surface area contributed by atoms with Crippen molar-refractivity contribution in [2.24, 2.45) is 5.92 Å². The molecule has 0 unspecified atom stereocenters. The number of rotatable bonds is 8. The van der Waals surface area contributed by atoms with Gasteiger partial charge >= 0.3 is 0 Å². The Morgan fingerprint density at radius 3 is 2.45 bits per heavy atom. The van der Waals surface area contributed by atoms with Gasteiger partial charge in [0.15, 0.2) is 0 Å². The molecule has 1 aliphatic carbocycles. The van der Waals surface area contributed by atoms with Crippen LogP contribution in [-0.2, 0) is 12.8 Å². The number of benzene rings is 1. The molecule has 0 spiro atoms. The molecule has 0 nitrogen and oxygen atoms in total. The molecule has 112 valence electrons. The van der Waals surface area contributed by atoms with Crippen molar-refractivity contribution in [2.45, 2.75) is 84.0 Å². The highest BCUT2D eigenvalue weighted by molar-refractivity contribution is 5.23. The Balaban J connectivity index is 1.52. The average Bonchev–Trinajstić information content (AvgIpc) is 2.52. The second kappa shape index (κ2) is 9.21. The normalized spacial score (nSPS) is 16.4. The Hall–Kier alpha value is -0.780. The highest BCUT2D eigenvalue weighted by Crippen LogP contribution is 2.28. The second-order valence-electron chi connectivity index (χ2n) is 6.63. The van der Waals surface area contributed by atoms with E-state index in [0.717, 1.165) is 12.3 Å². The van der Waals surface area contributed by atoms with Crippen LogP contribution in [0.15, 0.2) is 24.3 Å². The molecule has 1 aromatic rings. The topological polar surface area (TPSA) is 0 Å². The third kappa shape index (κ3) is 5.69. The van der Waals surface area contributed by atoms with Crippen molar-refractivity contribution in [2.75, 3.05) is 0 Å². The molecule has 0 atom stereocenters. The summed E-state index contributed by atoms with van der Waals surface area (Å²) in [7, 11) is 0. The van der Waals surface area contributed by atoms with Gasteiger partial charge in [0.05, 0.1) is 0 Å². The van der Waals surface area contributed by atoms with Gasteiger partial charge in [-0.25, -0.2) is 0 Å². The maximum Gasteiger partial charge on any atom is -0.0279 e. The van der Waals surface area contributed by atoms with Gasteiger partial charge in [0.25, 0.3) is 0 Å². The van der Waals surface area contributed by atoms with Gasteiger partial charge in [0.2, 0.25) is 0 Å². The minimum absolute atomic E-state index is 1.07. The summed E-state index contributed by atoms with van der Waals surface area (Å²) in [6.07, 6.45) is 17.2. The summed E-state index contributed by atoms with van der Waals surface area (Å²) < 4.78 is 0. The van der Waals surface area contributed by atoms with Gasteiger partial charge < -0.3 is 0 Å². The summed E-state index contributed by atoms with van der Waals surface area (Å²) in [5.41, 5.74) is 3.02. The van der Waals surface area contributed by atoms with Gasteiger partial charge in [-0.05, 0) is 36.3 Å². The molecular formula is C20H32. The molecule has 20 heavy (non-hydrogen) atoms. The lowest BCUT2D eigenvalue weighted by Gasteiger charge is -2.21. The molecule has 1 fully saturated rings. The first-order chi connectivity index (χ1) is 9.88. The first-order valence-electron chi connectivity index (χ1n) is 8.96. The molecule has 0 N–H and O–H groups in total. The first kappa shape index (κ1) is 15.6. The molecule has 0 heteroatoms. The van der Waals surface area contributed by atoms with Crippen molar-refractivity contribution in [3.05, 3.63) is 35.4 Å². The van der Waals surface area contributed by atoms with Gasteiger partial charge in [-0.2, -0.15) is 0 Å². The molecule has 0 radical (unpaired) electrons. The van der Waals surface area contributed by atoms with Crippen LogP contribution in [0.2, 0.25) is 0 Å². The Kier molecular flexibility index (Phi) is 7.19. The fourth-order valence-corrected chi connectivity index (χ4v) is 3.60. The average molecular weight is 272 g/mol. The molecule has 0 bridgehead atoms. The van der Waals surface area contributed by atoms with E-state index in [2.05, 4.69) is 31.2 Å². The molecule has 2 rings (SSSR count). The van der Waals surface area contributed by atoms with E-state index in [1.165, 1.54) is 81.8 Å². The zero-order valence-electron chi connectivity index (χ0n) is 13.4. The Morgan fingerprint density at radius 2 is 1.65 bits per heavy atom. The summed E-state index contributed by atoms with van der Waals surface area (Å²) in [6.45, 7) is 2.24. The van der Waals surface area contributed by atoms with Gasteiger partial charge in [-0.15, -0.1) is 0 Å².